The molecule has 1 amide bonds. The minimum atomic E-state index is -0.947. The SMILES string of the molecule is CCN(CC)CCN1C(=O)C(=O)/C(=C(/O)c2ccc(OC(C)C)cc2)[C@H]1c1cccc([N+](=O)[O-])c1. The number of aliphatic hydroxyl groups excluding tert-OH is 1. The number of amides is 1. The molecule has 1 fully saturated rings. The number of ketones is 1. The number of hydrogen-bond donors (Lipinski definition) is 1. The smallest absolute Gasteiger partial charge is 0.295 e. The summed E-state index contributed by atoms with van der Waals surface area (Å²) in [7, 11) is 0. The molecular formula is C26H31N3O6. The molecule has 0 radical (unpaired) electrons. The lowest BCUT2D eigenvalue weighted by molar-refractivity contribution is -0.384. The van der Waals surface area contributed by atoms with Gasteiger partial charge in [-0.05, 0) is 56.8 Å². The Hall–Kier alpha value is -3.72. The van der Waals surface area contributed by atoms with Crippen molar-refractivity contribution in [1.82, 2.24) is 9.80 Å². The molecule has 1 aliphatic rings. The van der Waals surface area contributed by atoms with Gasteiger partial charge in [-0.25, -0.2) is 0 Å². The molecule has 1 N–H and O–H groups in total. The normalized spacial score (nSPS) is 17.4. The summed E-state index contributed by atoms with van der Waals surface area (Å²) >= 11 is 0. The van der Waals surface area contributed by atoms with E-state index in [1.807, 2.05) is 27.7 Å². The highest BCUT2D eigenvalue weighted by Gasteiger charge is 2.46. The number of carbonyl (C=O) groups is 2. The number of aliphatic hydroxyl groups is 1. The third-order valence-electron chi connectivity index (χ3n) is 5.99. The Kier molecular flexibility index (Phi) is 8.24. The van der Waals surface area contributed by atoms with Gasteiger partial charge in [0.25, 0.3) is 17.4 Å². The van der Waals surface area contributed by atoms with Crippen LogP contribution in [-0.4, -0.2) is 63.8 Å². The first-order valence-electron chi connectivity index (χ1n) is 11.7. The third-order valence-corrected chi connectivity index (χ3v) is 5.99. The van der Waals surface area contributed by atoms with E-state index in [2.05, 4.69) is 4.90 Å². The number of hydrogen-bond acceptors (Lipinski definition) is 7. The quantitative estimate of drug-likeness (QED) is 0.178. The highest BCUT2D eigenvalue weighted by atomic mass is 16.6. The van der Waals surface area contributed by atoms with Crippen LogP contribution >= 0.6 is 0 Å². The molecule has 1 heterocycles. The summed E-state index contributed by atoms with van der Waals surface area (Å²) in [4.78, 5) is 40.6. The number of nitro benzene ring substituents is 1. The topological polar surface area (TPSA) is 113 Å². The molecule has 0 spiro atoms. The van der Waals surface area contributed by atoms with E-state index < -0.39 is 22.7 Å². The van der Waals surface area contributed by atoms with E-state index in [-0.39, 0.29) is 29.7 Å². The molecule has 35 heavy (non-hydrogen) atoms. The van der Waals surface area contributed by atoms with Gasteiger partial charge in [-0.3, -0.25) is 19.7 Å². The molecule has 9 nitrogen and oxygen atoms in total. The van der Waals surface area contributed by atoms with Gasteiger partial charge in [0.1, 0.15) is 11.5 Å². The van der Waals surface area contributed by atoms with Crippen molar-refractivity contribution in [2.24, 2.45) is 0 Å². The Morgan fingerprint density at radius 1 is 1.14 bits per heavy atom. The van der Waals surface area contributed by atoms with Gasteiger partial charge in [-0.2, -0.15) is 0 Å². The number of nitrogens with zero attached hydrogens (tertiary/aromatic N) is 3. The van der Waals surface area contributed by atoms with E-state index in [1.165, 1.54) is 23.1 Å². The average Bonchev–Trinajstić information content (AvgIpc) is 3.09. The van der Waals surface area contributed by atoms with E-state index >= 15 is 0 Å². The van der Waals surface area contributed by atoms with Crippen LogP contribution in [0.3, 0.4) is 0 Å². The first kappa shape index (κ1) is 25.9. The summed E-state index contributed by atoms with van der Waals surface area (Å²) in [5.74, 6) is -1.29. The summed E-state index contributed by atoms with van der Waals surface area (Å²) in [6.07, 6.45) is -0.0283. The number of ether oxygens (including phenoxy) is 1. The molecule has 1 saturated heterocycles. The molecule has 0 aromatic heterocycles. The lowest BCUT2D eigenvalue weighted by atomic mass is 9.95. The van der Waals surface area contributed by atoms with Crippen molar-refractivity contribution in [3.63, 3.8) is 0 Å². The number of likely N-dealkylation sites (N-methyl/N-ethyl adjacent to an activating group) is 1. The van der Waals surface area contributed by atoms with Gasteiger partial charge < -0.3 is 19.6 Å². The lowest BCUT2D eigenvalue weighted by Gasteiger charge is -2.28. The zero-order valence-electron chi connectivity index (χ0n) is 20.4. The van der Waals surface area contributed by atoms with Crippen molar-refractivity contribution in [3.8, 4) is 5.75 Å². The number of likely N-dealkylation sites (tertiary alicyclic amines) is 1. The monoisotopic (exact) mass is 481 g/mol. The van der Waals surface area contributed by atoms with Crippen LogP contribution in [0.15, 0.2) is 54.1 Å². The Morgan fingerprint density at radius 2 is 1.80 bits per heavy atom. The first-order valence-corrected chi connectivity index (χ1v) is 11.7. The van der Waals surface area contributed by atoms with Gasteiger partial charge in [0.2, 0.25) is 0 Å². The molecule has 186 valence electrons. The standard InChI is InChI=1S/C26H31N3O6/c1-5-27(6-2)14-15-28-23(19-8-7-9-20(16-19)29(33)34)22(25(31)26(28)32)24(30)18-10-12-21(13-11-18)35-17(3)4/h7-13,16-17,23,30H,5-6,14-15H2,1-4H3/b24-22+/t23-/m1/s1. The van der Waals surface area contributed by atoms with E-state index in [0.717, 1.165) is 13.1 Å². The Labute approximate surface area is 204 Å². The van der Waals surface area contributed by atoms with Crippen LogP contribution in [-0.2, 0) is 9.59 Å². The predicted molar refractivity (Wildman–Crippen MR) is 132 cm³/mol. The number of non-ortho nitro benzene ring substituents is 1. The fourth-order valence-electron chi connectivity index (χ4n) is 4.17. The minimum Gasteiger partial charge on any atom is -0.507 e. The fraction of sp³-hybridized carbons (Fsp3) is 0.385. The predicted octanol–water partition coefficient (Wildman–Crippen LogP) is 4.15. The second kappa shape index (κ2) is 11.1. The third kappa shape index (κ3) is 5.68. The molecule has 9 heteroatoms. The summed E-state index contributed by atoms with van der Waals surface area (Å²) in [5.41, 5.74) is 0.483. The number of Topliss-reactive ketones (excluding diaryl/α,β-unsaturated/α-hetero) is 1. The van der Waals surface area contributed by atoms with Crippen LogP contribution in [0.1, 0.15) is 44.9 Å². The molecule has 1 atom stereocenters. The van der Waals surface area contributed by atoms with Crippen LogP contribution < -0.4 is 4.74 Å². The molecule has 0 saturated carbocycles. The average molecular weight is 482 g/mol. The molecule has 1 aliphatic heterocycles. The minimum absolute atomic E-state index is 0.0283. The second-order valence-corrected chi connectivity index (χ2v) is 8.56. The van der Waals surface area contributed by atoms with Crippen molar-refractivity contribution in [3.05, 3.63) is 75.3 Å². The second-order valence-electron chi connectivity index (χ2n) is 8.56. The van der Waals surface area contributed by atoms with E-state index in [4.69, 9.17) is 4.74 Å². The van der Waals surface area contributed by atoms with Gasteiger partial charge in [-0.1, -0.05) is 26.0 Å². The van der Waals surface area contributed by atoms with E-state index in [9.17, 15) is 24.8 Å². The van der Waals surface area contributed by atoms with Crippen molar-refractivity contribution in [2.45, 2.75) is 39.8 Å². The highest BCUT2D eigenvalue weighted by Crippen LogP contribution is 2.40. The first-order chi connectivity index (χ1) is 16.7. The summed E-state index contributed by atoms with van der Waals surface area (Å²) in [5, 5.41) is 22.6. The van der Waals surface area contributed by atoms with Crippen LogP contribution in [0.4, 0.5) is 5.69 Å². The van der Waals surface area contributed by atoms with Gasteiger partial charge in [0.15, 0.2) is 0 Å². The van der Waals surface area contributed by atoms with Crippen molar-refractivity contribution in [2.75, 3.05) is 26.2 Å². The largest absolute Gasteiger partial charge is 0.507 e. The summed E-state index contributed by atoms with van der Waals surface area (Å²) in [6.45, 7) is 10.1. The van der Waals surface area contributed by atoms with Gasteiger partial charge in [0, 0.05) is 30.8 Å². The summed E-state index contributed by atoms with van der Waals surface area (Å²) < 4.78 is 5.64. The Morgan fingerprint density at radius 3 is 2.37 bits per heavy atom. The maximum absolute atomic E-state index is 13.1. The molecule has 2 aromatic carbocycles. The van der Waals surface area contributed by atoms with Crippen molar-refractivity contribution < 1.29 is 24.4 Å². The number of nitro groups is 1. The Balaban J connectivity index is 2.09. The Bertz CT molecular complexity index is 1120. The highest BCUT2D eigenvalue weighted by molar-refractivity contribution is 6.46. The maximum Gasteiger partial charge on any atom is 0.295 e. The number of benzene rings is 2. The molecule has 2 aromatic rings. The van der Waals surface area contributed by atoms with Crippen LogP contribution in [0.2, 0.25) is 0 Å². The molecule has 3 rings (SSSR count). The van der Waals surface area contributed by atoms with Gasteiger partial charge >= 0.3 is 0 Å². The molecular weight excluding hydrogens is 450 g/mol. The number of rotatable bonds is 10. The zero-order chi connectivity index (χ0) is 25.7. The van der Waals surface area contributed by atoms with E-state index in [1.54, 1.807) is 30.3 Å². The summed E-state index contributed by atoms with van der Waals surface area (Å²) in [6, 6.07) is 11.4. The lowest BCUT2D eigenvalue weighted by Crippen LogP contribution is -2.38. The van der Waals surface area contributed by atoms with Gasteiger partial charge in [0.05, 0.1) is 22.6 Å². The van der Waals surface area contributed by atoms with Crippen molar-refractivity contribution in [1.29, 1.82) is 0 Å². The van der Waals surface area contributed by atoms with Crippen LogP contribution in [0.5, 0.6) is 5.75 Å². The molecule has 0 unspecified atom stereocenters. The van der Waals surface area contributed by atoms with Crippen LogP contribution in [0.25, 0.3) is 5.76 Å². The number of carbonyl (C=O) groups excluding carboxylic acids is 2. The van der Waals surface area contributed by atoms with E-state index in [0.29, 0.717) is 23.4 Å². The molecule has 0 bridgehead atoms. The maximum atomic E-state index is 13.1. The van der Waals surface area contributed by atoms with Crippen LogP contribution in [0, 0.1) is 10.1 Å². The van der Waals surface area contributed by atoms with Crippen molar-refractivity contribution >= 4 is 23.1 Å². The zero-order valence-corrected chi connectivity index (χ0v) is 20.4. The molecule has 0 aliphatic carbocycles. The van der Waals surface area contributed by atoms with Gasteiger partial charge in [-0.15, -0.1) is 0 Å². The fourth-order valence-corrected chi connectivity index (χ4v) is 4.17.